The summed E-state index contributed by atoms with van der Waals surface area (Å²) < 4.78 is 15.4. The van der Waals surface area contributed by atoms with Crippen molar-refractivity contribution in [2.75, 3.05) is 46.4 Å². The maximum absolute atomic E-state index is 12.3. The van der Waals surface area contributed by atoms with Crippen molar-refractivity contribution in [2.24, 2.45) is 0 Å². The van der Waals surface area contributed by atoms with Gasteiger partial charge in [-0.2, -0.15) is 0 Å². The Morgan fingerprint density at radius 1 is 1.21 bits per heavy atom. The first-order chi connectivity index (χ1) is 13.6. The van der Waals surface area contributed by atoms with Gasteiger partial charge in [-0.25, -0.2) is 4.79 Å². The monoisotopic (exact) mass is 389 g/mol. The molecule has 1 saturated heterocycles. The van der Waals surface area contributed by atoms with E-state index in [1.54, 1.807) is 41.3 Å². The van der Waals surface area contributed by atoms with Gasteiger partial charge in [-0.05, 0) is 36.4 Å². The highest BCUT2D eigenvalue weighted by atomic mass is 16.5. The number of nitrogens with one attached hydrogen (secondary N) is 1. The van der Waals surface area contributed by atoms with Crippen LogP contribution >= 0.6 is 0 Å². The van der Waals surface area contributed by atoms with Gasteiger partial charge in [0.1, 0.15) is 25.0 Å². The summed E-state index contributed by atoms with van der Waals surface area (Å²) in [5.41, 5.74) is 0.446. The molecule has 0 spiro atoms. The van der Waals surface area contributed by atoms with Crippen molar-refractivity contribution in [1.29, 1.82) is 0 Å². The van der Waals surface area contributed by atoms with Crippen molar-refractivity contribution >= 4 is 11.9 Å². The van der Waals surface area contributed by atoms with Gasteiger partial charge in [-0.3, -0.25) is 4.79 Å². The minimum absolute atomic E-state index is 0.0941. The number of nitrogens with zero attached hydrogens (tertiary/aromatic N) is 1. The molecule has 0 bridgehead atoms. The van der Waals surface area contributed by atoms with Gasteiger partial charge < -0.3 is 28.8 Å². The zero-order chi connectivity index (χ0) is 19.9. The number of carbonyl (C=O) groups excluding carboxylic acids is 2. The van der Waals surface area contributed by atoms with E-state index in [9.17, 15) is 14.7 Å². The number of piperazine rings is 1. The van der Waals surface area contributed by atoms with Crippen LogP contribution in [0.25, 0.3) is 0 Å². The average Bonchev–Trinajstić information content (AvgIpc) is 3.27. The molecule has 28 heavy (non-hydrogen) atoms. The number of aliphatic hydroxyl groups excluding tert-OH is 1. The SMILES string of the molecule is COC(=O)c1ccc(OC[C@H](O)C[NH+]2CCN(C(=O)c3ccco3)CC2)cc1. The quantitative estimate of drug-likeness (QED) is 0.640. The fourth-order valence-electron chi connectivity index (χ4n) is 3.18. The lowest BCUT2D eigenvalue weighted by atomic mass is 10.2. The lowest BCUT2D eigenvalue weighted by Crippen LogP contribution is -3.16. The van der Waals surface area contributed by atoms with Crippen LogP contribution in [0.2, 0.25) is 0 Å². The Bertz CT molecular complexity index is 767. The summed E-state index contributed by atoms with van der Waals surface area (Å²) in [6, 6.07) is 9.95. The standard InChI is InChI=1S/C20H24N2O6/c1-26-20(25)15-4-6-17(7-5-15)28-14-16(23)13-21-8-10-22(11-9-21)19(24)18-3-2-12-27-18/h2-7,12,16,23H,8-11,13-14H2,1H3/p+1/t16-/m1/s1. The normalized spacial score (nSPS) is 15.9. The minimum Gasteiger partial charge on any atom is -0.491 e. The molecule has 8 nitrogen and oxygen atoms in total. The smallest absolute Gasteiger partial charge is 0.337 e. The third-order valence-electron chi connectivity index (χ3n) is 4.73. The molecule has 1 aliphatic rings. The first-order valence-electron chi connectivity index (χ1n) is 9.22. The lowest BCUT2D eigenvalue weighted by Gasteiger charge is -2.32. The van der Waals surface area contributed by atoms with Crippen molar-refractivity contribution in [1.82, 2.24) is 4.90 Å². The Hall–Kier alpha value is -2.84. The third-order valence-corrected chi connectivity index (χ3v) is 4.73. The summed E-state index contributed by atoms with van der Waals surface area (Å²) in [5.74, 6) is 0.439. The number of carbonyl (C=O) groups is 2. The first kappa shape index (κ1) is 19.9. The van der Waals surface area contributed by atoms with Crippen molar-refractivity contribution in [2.45, 2.75) is 6.10 Å². The van der Waals surface area contributed by atoms with Gasteiger partial charge in [0.15, 0.2) is 5.76 Å². The number of benzene rings is 1. The molecule has 0 saturated carbocycles. The Balaban J connectivity index is 1.39. The van der Waals surface area contributed by atoms with Gasteiger partial charge in [-0.15, -0.1) is 0 Å². The zero-order valence-corrected chi connectivity index (χ0v) is 15.8. The van der Waals surface area contributed by atoms with E-state index in [0.717, 1.165) is 13.1 Å². The van der Waals surface area contributed by atoms with Crippen molar-refractivity contribution < 1.29 is 33.5 Å². The number of methoxy groups -OCH3 is 1. The molecule has 1 atom stereocenters. The molecule has 1 amide bonds. The zero-order valence-electron chi connectivity index (χ0n) is 15.8. The average molecular weight is 389 g/mol. The number of esters is 1. The Kier molecular flexibility index (Phi) is 6.67. The number of ether oxygens (including phenoxy) is 2. The van der Waals surface area contributed by atoms with E-state index in [1.165, 1.54) is 18.3 Å². The Morgan fingerprint density at radius 3 is 2.54 bits per heavy atom. The summed E-state index contributed by atoms with van der Waals surface area (Å²) in [4.78, 5) is 26.7. The van der Waals surface area contributed by atoms with E-state index in [-0.39, 0.29) is 12.5 Å². The third kappa shape index (κ3) is 5.11. The number of amides is 1. The molecule has 0 unspecified atom stereocenters. The fraction of sp³-hybridized carbons (Fsp3) is 0.400. The molecule has 8 heteroatoms. The highest BCUT2D eigenvalue weighted by molar-refractivity contribution is 5.91. The maximum Gasteiger partial charge on any atom is 0.337 e. The molecule has 1 fully saturated rings. The van der Waals surface area contributed by atoms with Gasteiger partial charge in [0.05, 0.1) is 45.1 Å². The predicted octanol–water partition coefficient (Wildman–Crippen LogP) is -0.153. The molecule has 150 valence electrons. The van der Waals surface area contributed by atoms with Gasteiger partial charge in [0.25, 0.3) is 5.91 Å². The molecule has 1 aromatic heterocycles. The lowest BCUT2D eigenvalue weighted by molar-refractivity contribution is -0.907. The van der Waals surface area contributed by atoms with Crippen molar-refractivity contribution in [3.05, 3.63) is 54.0 Å². The van der Waals surface area contributed by atoms with Crippen molar-refractivity contribution in [3.63, 3.8) is 0 Å². The summed E-state index contributed by atoms with van der Waals surface area (Å²) in [6.45, 7) is 3.47. The molecule has 0 radical (unpaired) electrons. The van der Waals surface area contributed by atoms with Crippen LogP contribution in [0.5, 0.6) is 5.75 Å². The molecular formula is C20H25N2O6+. The molecule has 2 heterocycles. The summed E-state index contributed by atoms with van der Waals surface area (Å²) in [5, 5.41) is 10.3. The van der Waals surface area contributed by atoms with E-state index in [0.29, 0.717) is 36.7 Å². The molecule has 3 rings (SSSR count). The number of aliphatic hydroxyl groups is 1. The Morgan fingerprint density at radius 2 is 1.93 bits per heavy atom. The van der Waals surface area contributed by atoms with Crippen LogP contribution in [-0.2, 0) is 4.74 Å². The van der Waals surface area contributed by atoms with Crippen molar-refractivity contribution in [3.8, 4) is 5.75 Å². The molecule has 1 aromatic carbocycles. The Labute approximate surface area is 163 Å². The second kappa shape index (κ2) is 9.38. The highest BCUT2D eigenvalue weighted by Gasteiger charge is 2.27. The minimum atomic E-state index is -0.623. The molecule has 2 N–H and O–H groups in total. The van der Waals surface area contributed by atoms with Gasteiger partial charge in [0.2, 0.25) is 0 Å². The largest absolute Gasteiger partial charge is 0.491 e. The maximum atomic E-state index is 12.3. The van der Waals surface area contributed by atoms with Crippen LogP contribution in [0.1, 0.15) is 20.9 Å². The summed E-state index contributed by atoms with van der Waals surface area (Å²) >= 11 is 0. The van der Waals surface area contributed by atoms with Crippen LogP contribution in [0.3, 0.4) is 0 Å². The van der Waals surface area contributed by atoms with Gasteiger partial charge >= 0.3 is 5.97 Å². The molecule has 0 aliphatic carbocycles. The summed E-state index contributed by atoms with van der Waals surface area (Å²) in [6.07, 6.45) is 0.872. The van der Waals surface area contributed by atoms with Gasteiger partial charge in [0, 0.05) is 0 Å². The molecule has 1 aliphatic heterocycles. The van der Waals surface area contributed by atoms with E-state index in [2.05, 4.69) is 4.74 Å². The second-order valence-corrected chi connectivity index (χ2v) is 6.70. The molecule has 2 aromatic rings. The number of hydrogen-bond acceptors (Lipinski definition) is 6. The molecular weight excluding hydrogens is 364 g/mol. The van der Waals surface area contributed by atoms with E-state index >= 15 is 0 Å². The second-order valence-electron chi connectivity index (χ2n) is 6.70. The number of quaternary nitrogens is 1. The summed E-state index contributed by atoms with van der Waals surface area (Å²) in [7, 11) is 1.33. The highest BCUT2D eigenvalue weighted by Crippen LogP contribution is 2.13. The topological polar surface area (TPSA) is 93.7 Å². The van der Waals surface area contributed by atoms with E-state index < -0.39 is 12.1 Å². The van der Waals surface area contributed by atoms with E-state index in [4.69, 9.17) is 9.15 Å². The van der Waals surface area contributed by atoms with Crippen LogP contribution in [-0.4, -0.2) is 74.4 Å². The van der Waals surface area contributed by atoms with Crippen LogP contribution in [0, 0.1) is 0 Å². The first-order valence-corrected chi connectivity index (χ1v) is 9.22. The number of furan rings is 1. The predicted molar refractivity (Wildman–Crippen MR) is 99.5 cm³/mol. The van der Waals surface area contributed by atoms with Crippen LogP contribution in [0.4, 0.5) is 0 Å². The van der Waals surface area contributed by atoms with E-state index in [1.807, 2.05) is 0 Å². The fourth-order valence-corrected chi connectivity index (χ4v) is 3.18. The van der Waals surface area contributed by atoms with Crippen LogP contribution < -0.4 is 9.64 Å². The number of hydrogen-bond donors (Lipinski definition) is 2. The van der Waals surface area contributed by atoms with Gasteiger partial charge in [-0.1, -0.05) is 0 Å². The number of rotatable bonds is 7. The van der Waals surface area contributed by atoms with Crippen LogP contribution in [0.15, 0.2) is 47.1 Å².